The maximum absolute atomic E-state index is 12.5. The monoisotopic (exact) mass is 532 g/mol. The van der Waals surface area contributed by atoms with Crippen LogP contribution in [0.5, 0.6) is 11.5 Å². The summed E-state index contributed by atoms with van der Waals surface area (Å²) in [6, 6.07) is 3.04. The van der Waals surface area contributed by atoms with Crippen LogP contribution in [0.1, 0.15) is 34.6 Å². The van der Waals surface area contributed by atoms with Gasteiger partial charge in [-0.15, -0.1) is 0 Å². The molecule has 0 aromatic carbocycles. The van der Waals surface area contributed by atoms with E-state index in [0.29, 0.717) is 19.6 Å². The van der Waals surface area contributed by atoms with E-state index in [1.165, 1.54) is 47.8 Å². The molecule has 0 radical (unpaired) electrons. The number of pyridine rings is 2. The number of amides is 2. The minimum absolute atomic E-state index is 0. The Bertz CT molecular complexity index is 1130. The number of aryl methyl sites for hydroxylation is 2. The number of aromatic hydroxyl groups is 1. The Labute approximate surface area is 215 Å². The molecule has 0 bridgehead atoms. The van der Waals surface area contributed by atoms with Crippen molar-refractivity contribution in [2.24, 2.45) is 14.1 Å². The second kappa shape index (κ2) is 14.3. The number of hydrogen-bond donors (Lipinski definition) is 3. The summed E-state index contributed by atoms with van der Waals surface area (Å²) in [6.45, 7) is 5.56. The summed E-state index contributed by atoms with van der Waals surface area (Å²) in [4.78, 5) is 50.8. The van der Waals surface area contributed by atoms with Crippen LogP contribution in [0.4, 0.5) is 0 Å². The number of aromatic nitrogens is 2. The smallest absolute Gasteiger partial charge is 0.293 e. The third-order valence-electron chi connectivity index (χ3n) is 5.26. The molecule has 12 heteroatoms. The third-order valence-corrected chi connectivity index (χ3v) is 5.26. The molecule has 0 saturated carbocycles. The average Bonchev–Trinajstić information content (AvgIpc) is 2.77. The van der Waals surface area contributed by atoms with Crippen LogP contribution in [0.15, 0.2) is 34.1 Å². The van der Waals surface area contributed by atoms with Gasteiger partial charge in [0.15, 0.2) is 11.5 Å². The van der Waals surface area contributed by atoms with E-state index >= 15 is 0 Å². The fraction of sp³-hybridized carbons (Fsp3) is 0.435. The van der Waals surface area contributed by atoms with Gasteiger partial charge in [0.1, 0.15) is 0 Å². The second-order valence-electron chi connectivity index (χ2n) is 7.81. The summed E-state index contributed by atoms with van der Waals surface area (Å²) in [6.07, 6.45) is 2.92. The second-order valence-corrected chi connectivity index (χ2v) is 7.81. The van der Waals surface area contributed by atoms with Gasteiger partial charge in [0, 0.05) is 75.8 Å². The maximum Gasteiger partial charge on any atom is 0.293 e. The van der Waals surface area contributed by atoms with Gasteiger partial charge < -0.3 is 37.0 Å². The van der Waals surface area contributed by atoms with Gasteiger partial charge in [0.25, 0.3) is 22.9 Å². The molecule has 0 aliphatic carbocycles. The standard InChI is InChI=1S/C22H31N5O6.CH3.Fe/c1-14(2)27(12-8-23-19(29)15-6-10-25(3)21(31)17(15)28)13-9-24-20(30)16-7-11-26(4)22(32)18(16)33-5;;/h6-7,10-11,14,28H,8-9,12-13H2,1-5H3,(H,23,29)(H,24,30);1H3;/q;-1;. The largest absolute Gasteiger partial charge is 0.502 e. The van der Waals surface area contributed by atoms with Gasteiger partial charge in [-0.1, -0.05) is 0 Å². The Hall–Kier alpha value is -3.08. The zero-order valence-corrected chi connectivity index (χ0v) is 22.0. The summed E-state index contributed by atoms with van der Waals surface area (Å²) in [5.74, 6) is -1.56. The van der Waals surface area contributed by atoms with Crippen LogP contribution in [-0.4, -0.2) is 70.3 Å². The minimum atomic E-state index is -0.643. The van der Waals surface area contributed by atoms with E-state index < -0.39 is 28.7 Å². The Morgan fingerprint density at radius 2 is 1.43 bits per heavy atom. The molecule has 3 N–H and O–H groups in total. The molecule has 196 valence electrons. The molecule has 0 aliphatic rings. The molecule has 0 spiro atoms. The van der Waals surface area contributed by atoms with E-state index in [2.05, 4.69) is 10.6 Å². The summed E-state index contributed by atoms with van der Waals surface area (Å²) in [5.41, 5.74) is -0.954. The van der Waals surface area contributed by atoms with Crippen LogP contribution in [0.3, 0.4) is 0 Å². The van der Waals surface area contributed by atoms with Crippen LogP contribution < -0.4 is 26.5 Å². The van der Waals surface area contributed by atoms with Crippen LogP contribution >= 0.6 is 0 Å². The molecule has 35 heavy (non-hydrogen) atoms. The Kier molecular flexibility index (Phi) is 13.1. The van der Waals surface area contributed by atoms with E-state index in [0.717, 1.165) is 0 Å². The van der Waals surface area contributed by atoms with Crippen molar-refractivity contribution in [3.8, 4) is 11.5 Å². The topological polar surface area (TPSA) is 135 Å². The van der Waals surface area contributed by atoms with E-state index in [-0.39, 0.29) is 54.0 Å². The molecule has 2 heterocycles. The van der Waals surface area contributed by atoms with Gasteiger partial charge in [-0.25, -0.2) is 0 Å². The number of carbonyl (C=O) groups is 2. The van der Waals surface area contributed by atoms with Crippen molar-refractivity contribution in [2.45, 2.75) is 19.9 Å². The number of rotatable bonds is 10. The first-order valence-electron chi connectivity index (χ1n) is 10.5. The molecule has 0 aliphatic heterocycles. The molecular weight excluding hydrogens is 498 g/mol. The Morgan fingerprint density at radius 1 is 0.971 bits per heavy atom. The number of methoxy groups -OCH3 is 1. The van der Waals surface area contributed by atoms with Crippen molar-refractivity contribution in [1.82, 2.24) is 24.7 Å². The Balaban J connectivity index is 0.00000578. The molecule has 0 unspecified atom stereocenters. The quantitative estimate of drug-likeness (QED) is 0.292. The maximum atomic E-state index is 12.5. The molecule has 0 saturated heterocycles. The van der Waals surface area contributed by atoms with E-state index in [9.17, 15) is 24.3 Å². The molecular formula is C23H34FeN5O6-. The summed E-state index contributed by atoms with van der Waals surface area (Å²) in [5, 5.41) is 15.4. The predicted octanol–water partition coefficient (Wildman–Crippen LogP) is 0.116. The molecule has 11 nitrogen and oxygen atoms in total. The van der Waals surface area contributed by atoms with Gasteiger partial charge in [0.05, 0.1) is 18.2 Å². The number of hydrogen-bond acceptors (Lipinski definition) is 7. The van der Waals surface area contributed by atoms with Crippen molar-refractivity contribution in [1.29, 1.82) is 0 Å². The first kappa shape index (κ1) is 31.9. The van der Waals surface area contributed by atoms with Crippen molar-refractivity contribution in [2.75, 3.05) is 33.3 Å². The van der Waals surface area contributed by atoms with Gasteiger partial charge in [0.2, 0.25) is 0 Å². The number of nitrogens with one attached hydrogen (secondary N) is 2. The third kappa shape index (κ3) is 7.98. The number of carbonyl (C=O) groups excluding carboxylic acids is 2. The summed E-state index contributed by atoms with van der Waals surface area (Å²) < 4.78 is 7.61. The Morgan fingerprint density at radius 3 is 1.91 bits per heavy atom. The molecule has 2 aromatic rings. The zero-order valence-electron chi connectivity index (χ0n) is 20.9. The average molecular weight is 532 g/mol. The molecule has 2 rings (SSSR count). The van der Waals surface area contributed by atoms with Crippen LogP contribution in [0.2, 0.25) is 0 Å². The van der Waals surface area contributed by atoms with E-state index in [1.54, 1.807) is 7.05 Å². The first-order valence-corrected chi connectivity index (χ1v) is 10.5. The van der Waals surface area contributed by atoms with E-state index in [1.807, 2.05) is 18.7 Å². The van der Waals surface area contributed by atoms with Crippen LogP contribution in [-0.2, 0) is 31.2 Å². The van der Waals surface area contributed by atoms with Gasteiger partial charge in [-0.3, -0.25) is 24.1 Å². The normalized spacial score (nSPS) is 10.4. The summed E-state index contributed by atoms with van der Waals surface area (Å²) in [7, 11) is 4.40. The van der Waals surface area contributed by atoms with Crippen LogP contribution in [0, 0.1) is 7.43 Å². The molecule has 0 fully saturated rings. The molecule has 2 aromatic heterocycles. The number of ether oxygens (including phenoxy) is 1. The number of nitrogens with zero attached hydrogens (tertiary/aromatic N) is 3. The first-order chi connectivity index (χ1) is 15.6. The van der Waals surface area contributed by atoms with Gasteiger partial charge in [-0.2, -0.15) is 0 Å². The van der Waals surface area contributed by atoms with Crippen molar-refractivity contribution >= 4 is 11.8 Å². The molecule has 0 atom stereocenters. The SMILES string of the molecule is COc1c(C(=O)NCCN(CCNC(=O)c2ccn(C)c(=O)c2O)C(C)C)ccn(C)c1=O.[CH3-].[Fe]. The minimum Gasteiger partial charge on any atom is -0.502 e. The van der Waals surface area contributed by atoms with Crippen molar-refractivity contribution in [3.63, 3.8) is 0 Å². The van der Waals surface area contributed by atoms with Crippen LogP contribution in [0.25, 0.3) is 0 Å². The summed E-state index contributed by atoms with van der Waals surface area (Å²) >= 11 is 0. The van der Waals surface area contributed by atoms with Gasteiger partial charge >= 0.3 is 0 Å². The fourth-order valence-electron chi connectivity index (χ4n) is 3.22. The fourth-order valence-corrected chi connectivity index (χ4v) is 3.22. The van der Waals surface area contributed by atoms with E-state index in [4.69, 9.17) is 4.74 Å². The van der Waals surface area contributed by atoms with Crippen molar-refractivity contribution in [3.05, 3.63) is 63.8 Å². The zero-order chi connectivity index (χ0) is 24.7. The van der Waals surface area contributed by atoms with Gasteiger partial charge in [-0.05, 0) is 26.0 Å². The molecule has 2 amide bonds. The predicted molar refractivity (Wildman–Crippen MR) is 129 cm³/mol. The van der Waals surface area contributed by atoms with Crippen molar-refractivity contribution < 1.29 is 36.5 Å².